The lowest BCUT2D eigenvalue weighted by atomic mass is 10.2. The van der Waals surface area contributed by atoms with Crippen molar-refractivity contribution in [1.82, 2.24) is 0 Å². The van der Waals surface area contributed by atoms with Gasteiger partial charge in [-0.1, -0.05) is 12.2 Å². The Kier molecular flexibility index (Phi) is 3.58. The molecule has 1 heterocycles. The predicted octanol–water partition coefficient (Wildman–Crippen LogP) is 2.55. The van der Waals surface area contributed by atoms with Gasteiger partial charge in [-0.05, 0) is 23.9 Å². The summed E-state index contributed by atoms with van der Waals surface area (Å²) in [6.07, 6.45) is 4.78. The first-order valence-electron chi connectivity index (χ1n) is 3.94. The summed E-state index contributed by atoms with van der Waals surface area (Å²) >= 11 is 1.43. The fourth-order valence-corrected chi connectivity index (χ4v) is 1.78. The van der Waals surface area contributed by atoms with E-state index >= 15 is 0 Å². The number of aldehydes is 1. The smallest absolute Gasteiger partial charge is 0.170 e. The van der Waals surface area contributed by atoms with Crippen LogP contribution in [0.4, 0.5) is 0 Å². The zero-order chi connectivity index (χ0) is 9.68. The molecule has 1 rings (SSSR count). The molecule has 2 nitrogen and oxygen atoms in total. The van der Waals surface area contributed by atoms with Gasteiger partial charge in [0.05, 0.1) is 4.88 Å². The van der Waals surface area contributed by atoms with Gasteiger partial charge in [0.15, 0.2) is 5.78 Å². The zero-order valence-corrected chi connectivity index (χ0v) is 8.14. The lowest BCUT2D eigenvalue weighted by Gasteiger charge is -1.91. The average Bonchev–Trinajstić information content (AvgIpc) is 2.53. The molecule has 0 saturated heterocycles. The van der Waals surface area contributed by atoms with Crippen LogP contribution < -0.4 is 0 Å². The molecule has 0 amide bonds. The minimum atomic E-state index is 0.0701. The summed E-state index contributed by atoms with van der Waals surface area (Å²) in [5, 5.41) is 1.87. The summed E-state index contributed by atoms with van der Waals surface area (Å²) in [6, 6.07) is 1.88. The van der Waals surface area contributed by atoms with Crippen molar-refractivity contribution in [2.75, 3.05) is 0 Å². The maximum absolute atomic E-state index is 11.1. The number of thiophene rings is 1. The van der Waals surface area contributed by atoms with E-state index in [4.69, 9.17) is 0 Å². The molecule has 13 heavy (non-hydrogen) atoms. The van der Waals surface area contributed by atoms with E-state index in [1.165, 1.54) is 11.3 Å². The van der Waals surface area contributed by atoms with E-state index in [0.717, 1.165) is 16.7 Å². The fraction of sp³-hybridized carbons (Fsp3) is 0.200. The Morgan fingerprint density at radius 2 is 2.38 bits per heavy atom. The molecule has 0 aliphatic carbocycles. The molecule has 68 valence electrons. The van der Waals surface area contributed by atoms with Crippen molar-refractivity contribution in [2.24, 2.45) is 0 Å². The van der Waals surface area contributed by atoms with Crippen LogP contribution in [0.15, 0.2) is 17.5 Å². The van der Waals surface area contributed by atoms with Crippen molar-refractivity contribution in [3.05, 3.63) is 28.0 Å². The molecule has 1 aromatic heterocycles. The van der Waals surface area contributed by atoms with Gasteiger partial charge in [0.1, 0.15) is 6.29 Å². The number of carbonyl (C=O) groups is 2. The number of allylic oxidation sites excluding steroid dienone is 1. The second-order valence-electron chi connectivity index (χ2n) is 2.57. The Bertz CT molecular complexity index is 336. The number of carbonyl (C=O) groups excluding carboxylic acids is 2. The molecule has 0 aliphatic rings. The summed E-state index contributed by atoms with van der Waals surface area (Å²) < 4.78 is 0. The van der Waals surface area contributed by atoms with Gasteiger partial charge in [0.25, 0.3) is 0 Å². The van der Waals surface area contributed by atoms with Gasteiger partial charge < -0.3 is 4.79 Å². The number of rotatable bonds is 4. The molecular weight excluding hydrogens is 184 g/mol. The minimum absolute atomic E-state index is 0.0701. The number of ketones is 1. The molecule has 0 bridgehead atoms. The lowest BCUT2D eigenvalue weighted by molar-refractivity contribution is -0.107. The van der Waals surface area contributed by atoms with Crippen molar-refractivity contribution in [2.45, 2.75) is 13.3 Å². The number of hydrogen-bond acceptors (Lipinski definition) is 3. The number of hydrogen-bond donors (Lipinski definition) is 0. The van der Waals surface area contributed by atoms with Crippen molar-refractivity contribution in [3.63, 3.8) is 0 Å². The summed E-state index contributed by atoms with van der Waals surface area (Å²) in [5.41, 5.74) is 0.902. The SMILES string of the molecule is CC(=O)c1sccc1C=CCC=O. The maximum Gasteiger partial charge on any atom is 0.170 e. The van der Waals surface area contributed by atoms with Crippen LogP contribution in [0.25, 0.3) is 6.08 Å². The molecule has 0 N–H and O–H groups in total. The van der Waals surface area contributed by atoms with Gasteiger partial charge in [0, 0.05) is 6.42 Å². The lowest BCUT2D eigenvalue weighted by Crippen LogP contribution is -1.88. The van der Waals surface area contributed by atoms with Crippen LogP contribution in [0, 0.1) is 0 Å². The van der Waals surface area contributed by atoms with Gasteiger partial charge in [-0.2, -0.15) is 0 Å². The van der Waals surface area contributed by atoms with Gasteiger partial charge in [0.2, 0.25) is 0 Å². The highest BCUT2D eigenvalue weighted by atomic mass is 32.1. The van der Waals surface area contributed by atoms with Crippen LogP contribution in [-0.2, 0) is 4.79 Å². The molecule has 0 aromatic carbocycles. The van der Waals surface area contributed by atoms with Gasteiger partial charge in [-0.25, -0.2) is 0 Å². The minimum Gasteiger partial charge on any atom is -0.303 e. The molecule has 0 saturated carbocycles. The standard InChI is InChI=1S/C10H10O2S/c1-8(12)10-9(5-7-13-10)4-2-3-6-11/h2,4-7H,3H2,1H3. The highest BCUT2D eigenvalue weighted by molar-refractivity contribution is 7.12. The molecule has 0 atom stereocenters. The van der Waals surface area contributed by atoms with Crippen molar-refractivity contribution in [1.29, 1.82) is 0 Å². The predicted molar refractivity (Wildman–Crippen MR) is 54.0 cm³/mol. The van der Waals surface area contributed by atoms with Crippen LogP contribution in [-0.4, -0.2) is 12.1 Å². The van der Waals surface area contributed by atoms with Crippen LogP contribution in [0.5, 0.6) is 0 Å². The largest absolute Gasteiger partial charge is 0.303 e. The fourth-order valence-electron chi connectivity index (χ4n) is 0.987. The van der Waals surface area contributed by atoms with E-state index in [9.17, 15) is 9.59 Å². The molecule has 0 unspecified atom stereocenters. The third-order valence-corrected chi connectivity index (χ3v) is 2.58. The Hall–Kier alpha value is -1.22. The van der Waals surface area contributed by atoms with E-state index in [-0.39, 0.29) is 5.78 Å². The van der Waals surface area contributed by atoms with Crippen LogP contribution in [0.1, 0.15) is 28.6 Å². The first-order valence-corrected chi connectivity index (χ1v) is 4.82. The summed E-state index contributed by atoms with van der Waals surface area (Å²) in [6.45, 7) is 1.54. The summed E-state index contributed by atoms with van der Waals surface area (Å²) in [7, 11) is 0. The van der Waals surface area contributed by atoms with E-state index < -0.39 is 0 Å². The Labute approximate surface area is 80.9 Å². The Morgan fingerprint density at radius 1 is 1.62 bits per heavy atom. The molecule has 1 aromatic rings. The molecule has 0 fully saturated rings. The second-order valence-corrected chi connectivity index (χ2v) is 3.48. The van der Waals surface area contributed by atoms with Gasteiger partial charge in [-0.15, -0.1) is 11.3 Å². The van der Waals surface area contributed by atoms with E-state index in [1.54, 1.807) is 13.0 Å². The maximum atomic E-state index is 11.1. The van der Waals surface area contributed by atoms with E-state index in [1.807, 2.05) is 17.5 Å². The summed E-state index contributed by atoms with van der Waals surface area (Å²) in [5.74, 6) is 0.0701. The van der Waals surface area contributed by atoms with Crippen LogP contribution in [0.3, 0.4) is 0 Å². The first kappa shape index (κ1) is 9.86. The van der Waals surface area contributed by atoms with Gasteiger partial charge >= 0.3 is 0 Å². The monoisotopic (exact) mass is 194 g/mol. The normalized spacial score (nSPS) is 10.5. The Balaban J connectivity index is 2.82. The van der Waals surface area contributed by atoms with Crippen molar-refractivity contribution >= 4 is 29.5 Å². The second kappa shape index (κ2) is 4.72. The average molecular weight is 194 g/mol. The van der Waals surface area contributed by atoms with Crippen molar-refractivity contribution < 1.29 is 9.59 Å². The molecule has 3 heteroatoms. The summed E-state index contributed by atoms with van der Waals surface area (Å²) in [4.78, 5) is 21.9. The third kappa shape index (κ3) is 2.63. The third-order valence-electron chi connectivity index (χ3n) is 1.55. The highest BCUT2D eigenvalue weighted by Crippen LogP contribution is 2.18. The van der Waals surface area contributed by atoms with E-state index in [0.29, 0.717) is 6.42 Å². The first-order chi connectivity index (χ1) is 6.25. The van der Waals surface area contributed by atoms with Crippen LogP contribution in [0.2, 0.25) is 0 Å². The molecule has 0 radical (unpaired) electrons. The molecule has 0 aliphatic heterocycles. The van der Waals surface area contributed by atoms with Crippen LogP contribution >= 0.6 is 11.3 Å². The van der Waals surface area contributed by atoms with E-state index in [2.05, 4.69) is 0 Å². The van der Waals surface area contributed by atoms with Gasteiger partial charge in [-0.3, -0.25) is 4.79 Å². The zero-order valence-electron chi connectivity index (χ0n) is 7.32. The topological polar surface area (TPSA) is 34.1 Å². The highest BCUT2D eigenvalue weighted by Gasteiger charge is 2.04. The molecular formula is C10H10O2S. The Morgan fingerprint density at radius 3 is 3.00 bits per heavy atom. The number of Topliss-reactive ketones (excluding diaryl/α,β-unsaturated/α-hetero) is 1. The quantitative estimate of drug-likeness (QED) is 0.545. The van der Waals surface area contributed by atoms with Crippen molar-refractivity contribution in [3.8, 4) is 0 Å². The molecule has 0 spiro atoms.